The second-order valence-corrected chi connectivity index (χ2v) is 5.01. The number of benzene rings is 2. The summed E-state index contributed by atoms with van der Waals surface area (Å²) in [7, 11) is 0. The van der Waals surface area contributed by atoms with E-state index in [9.17, 15) is 4.79 Å². The lowest BCUT2D eigenvalue weighted by molar-refractivity contribution is 0.262. The zero-order valence-electron chi connectivity index (χ0n) is 10.7. The highest BCUT2D eigenvalue weighted by molar-refractivity contribution is 7.12. The molecule has 0 saturated carbocycles. The minimum atomic E-state index is -0.373. The molecule has 2 amide bonds. The second kappa shape index (κ2) is 5.56. The van der Waals surface area contributed by atoms with E-state index in [2.05, 4.69) is 20.2 Å². The van der Waals surface area contributed by atoms with Gasteiger partial charge >= 0.3 is 6.03 Å². The average Bonchev–Trinajstić information content (AvgIpc) is 2.95. The smallest absolute Gasteiger partial charge is 0.308 e. The number of amides is 2. The number of fused-ring (bicyclic) bond motifs is 1. The van der Waals surface area contributed by atoms with E-state index in [-0.39, 0.29) is 6.03 Å². The minimum Gasteiger partial charge on any atom is -0.308 e. The van der Waals surface area contributed by atoms with Crippen LogP contribution in [-0.2, 0) is 0 Å². The van der Waals surface area contributed by atoms with Crippen LogP contribution in [0.3, 0.4) is 0 Å². The topological polar surface area (TPSA) is 90.7 Å². The third-order valence-electron chi connectivity index (χ3n) is 2.75. The van der Waals surface area contributed by atoms with Crippen LogP contribution in [0.5, 0.6) is 0 Å². The number of aromatic nitrogens is 2. The van der Waals surface area contributed by atoms with E-state index in [1.54, 1.807) is 36.4 Å². The Hall–Kier alpha value is -2.98. The molecule has 3 aromatic rings. The maximum atomic E-state index is 11.9. The molecule has 0 fully saturated rings. The molecule has 0 radical (unpaired) electrons. The highest BCUT2D eigenvalue weighted by Gasteiger charge is 2.05. The third kappa shape index (κ3) is 2.96. The Morgan fingerprint density at radius 2 is 1.95 bits per heavy atom. The number of hydrogen-bond donors (Lipinski definition) is 2. The number of nitrogens with zero attached hydrogens (tertiary/aromatic N) is 3. The fourth-order valence-electron chi connectivity index (χ4n) is 1.82. The number of urea groups is 1. The van der Waals surface area contributed by atoms with Gasteiger partial charge in [-0.25, -0.2) is 4.79 Å². The molecule has 0 bridgehead atoms. The molecule has 1 heterocycles. The predicted octanol–water partition coefficient (Wildman–Crippen LogP) is 3.21. The monoisotopic (exact) mass is 295 g/mol. The van der Waals surface area contributed by atoms with Crippen LogP contribution in [0, 0.1) is 11.3 Å². The molecule has 0 spiro atoms. The van der Waals surface area contributed by atoms with Crippen molar-refractivity contribution in [1.29, 1.82) is 5.26 Å². The van der Waals surface area contributed by atoms with E-state index in [4.69, 9.17) is 5.26 Å². The van der Waals surface area contributed by atoms with Crippen molar-refractivity contribution in [2.24, 2.45) is 0 Å². The van der Waals surface area contributed by atoms with E-state index in [1.165, 1.54) is 11.5 Å². The van der Waals surface area contributed by atoms with Crippen LogP contribution in [-0.4, -0.2) is 15.6 Å². The van der Waals surface area contributed by atoms with E-state index < -0.39 is 0 Å². The van der Waals surface area contributed by atoms with Crippen molar-refractivity contribution >= 4 is 39.2 Å². The van der Waals surface area contributed by atoms with Crippen molar-refractivity contribution < 1.29 is 4.79 Å². The lowest BCUT2D eigenvalue weighted by Crippen LogP contribution is -2.19. The Balaban J connectivity index is 1.72. The fourth-order valence-corrected chi connectivity index (χ4v) is 2.41. The predicted molar refractivity (Wildman–Crippen MR) is 81.2 cm³/mol. The van der Waals surface area contributed by atoms with Crippen LogP contribution in [0.15, 0.2) is 42.5 Å². The summed E-state index contributed by atoms with van der Waals surface area (Å²) in [4.78, 5) is 11.9. The van der Waals surface area contributed by atoms with E-state index in [1.807, 2.05) is 12.1 Å². The molecule has 0 aliphatic rings. The van der Waals surface area contributed by atoms with Gasteiger partial charge in [0.05, 0.1) is 16.3 Å². The van der Waals surface area contributed by atoms with Crippen molar-refractivity contribution in [3.63, 3.8) is 0 Å². The number of rotatable bonds is 2. The first-order chi connectivity index (χ1) is 10.2. The zero-order valence-corrected chi connectivity index (χ0v) is 11.5. The Labute approximate surface area is 124 Å². The Bertz CT molecular complexity index is 852. The summed E-state index contributed by atoms with van der Waals surface area (Å²) in [5, 5.41) is 18.2. The van der Waals surface area contributed by atoms with E-state index in [0.29, 0.717) is 16.9 Å². The number of carbonyl (C=O) groups is 1. The molecule has 1 aromatic heterocycles. The van der Waals surface area contributed by atoms with Gasteiger partial charge in [-0.15, -0.1) is 5.10 Å². The first kappa shape index (κ1) is 13.0. The maximum Gasteiger partial charge on any atom is 0.323 e. The molecule has 0 unspecified atom stereocenters. The van der Waals surface area contributed by atoms with Gasteiger partial charge in [-0.05, 0) is 47.9 Å². The number of nitriles is 1. The highest BCUT2D eigenvalue weighted by atomic mass is 32.1. The molecule has 2 N–H and O–H groups in total. The summed E-state index contributed by atoms with van der Waals surface area (Å²) in [6.07, 6.45) is 0. The van der Waals surface area contributed by atoms with Gasteiger partial charge in [0.25, 0.3) is 0 Å². The van der Waals surface area contributed by atoms with Gasteiger partial charge in [-0.1, -0.05) is 10.6 Å². The van der Waals surface area contributed by atoms with Gasteiger partial charge in [0.2, 0.25) is 0 Å². The lowest BCUT2D eigenvalue weighted by Gasteiger charge is -2.07. The van der Waals surface area contributed by atoms with Gasteiger partial charge in [0.15, 0.2) is 0 Å². The number of nitrogens with one attached hydrogen (secondary N) is 2. The maximum absolute atomic E-state index is 11.9. The summed E-state index contributed by atoms with van der Waals surface area (Å²) < 4.78 is 4.74. The van der Waals surface area contributed by atoms with Crippen LogP contribution < -0.4 is 10.6 Å². The van der Waals surface area contributed by atoms with Crippen LogP contribution in [0.1, 0.15) is 5.56 Å². The minimum absolute atomic E-state index is 0.373. The third-order valence-corrected chi connectivity index (χ3v) is 3.44. The van der Waals surface area contributed by atoms with Crippen LogP contribution in [0.4, 0.5) is 16.2 Å². The first-order valence-corrected chi connectivity index (χ1v) is 6.82. The molecule has 0 atom stereocenters. The van der Waals surface area contributed by atoms with Gasteiger partial charge in [-0.3, -0.25) is 0 Å². The lowest BCUT2D eigenvalue weighted by atomic mass is 10.2. The molecule has 2 aromatic carbocycles. The zero-order chi connectivity index (χ0) is 14.7. The molecule has 0 aliphatic carbocycles. The van der Waals surface area contributed by atoms with Crippen molar-refractivity contribution in [2.75, 3.05) is 10.6 Å². The summed E-state index contributed by atoms with van der Waals surface area (Å²) in [5.74, 6) is 0. The highest BCUT2D eigenvalue weighted by Crippen LogP contribution is 2.20. The van der Waals surface area contributed by atoms with Crippen molar-refractivity contribution in [3.8, 4) is 6.07 Å². The Morgan fingerprint density at radius 1 is 1.14 bits per heavy atom. The van der Waals surface area contributed by atoms with E-state index in [0.717, 1.165) is 10.2 Å². The molecule has 7 heteroatoms. The number of carbonyl (C=O) groups excluding carboxylic acids is 1. The summed E-state index contributed by atoms with van der Waals surface area (Å²) in [6, 6.07) is 13.7. The largest absolute Gasteiger partial charge is 0.323 e. The number of hydrogen-bond acceptors (Lipinski definition) is 5. The van der Waals surface area contributed by atoms with Gasteiger partial charge in [0.1, 0.15) is 5.52 Å². The van der Waals surface area contributed by atoms with E-state index >= 15 is 0 Å². The van der Waals surface area contributed by atoms with Crippen LogP contribution in [0.25, 0.3) is 10.2 Å². The SMILES string of the molecule is N#Cc1cccc(NC(=O)Nc2ccc3nnsc3c2)c1. The Kier molecular flexibility index (Phi) is 3.45. The van der Waals surface area contributed by atoms with Crippen molar-refractivity contribution in [3.05, 3.63) is 48.0 Å². The standard InChI is InChI=1S/C14H9N5OS/c15-8-9-2-1-3-10(6-9)16-14(20)17-11-4-5-12-13(7-11)21-19-18-12/h1-7H,(H2,16,17,20). The summed E-state index contributed by atoms with van der Waals surface area (Å²) in [6.45, 7) is 0. The molecular formula is C14H9N5OS. The molecule has 0 aliphatic heterocycles. The Morgan fingerprint density at radius 3 is 2.76 bits per heavy atom. The van der Waals surface area contributed by atoms with Crippen molar-refractivity contribution in [1.82, 2.24) is 9.59 Å². The quantitative estimate of drug-likeness (QED) is 0.759. The van der Waals surface area contributed by atoms with Gasteiger partial charge in [-0.2, -0.15) is 5.26 Å². The first-order valence-electron chi connectivity index (χ1n) is 6.05. The molecule has 3 rings (SSSR count). The molecule has 21 heavy (non-hydrogen) atoms. The molecule has 0 saturated heterocycles. The normalized spacial score (nSPS) is 10.0. The molecular weight excluding hydrogens is 286 g/mol. The average molecular weight is 295 g/mol. The van der Waals surface area contributed by atoms with Gasteiger partial charge < -0.3 is 10.6 Å². The van der Waals surface area contributed by atoms with Crippen LogP contribution >= 0.6 is 11.5 Å². The summed E-state index contributed by atoms with van der Waals surface area (Å²) in [5.41, 5.74) is 2.51. The second-order valence-electron chi connectivity index (χ2n) is 4.23. The van der Waals surface area contributed by atoms with Crippen LogP contribution in [0.2, 0.25) is 0 Å². The fraction of sp³-hybridized carbons (Fsp3) is 0. The molecule has 102 valence electrons. The summed E-state index contributed by atoms with van der Waals surface area (Å²) >= 11 is 1.27. The van der Waals surface area contributed by atoms with Crippen molar-refractivity contribution in [2.45, 2.75) is 0 Å². The van der Waals surface area contributed by atoms with Gasteiger partial charge in [0, 0.05) is 11.4 Å². The molecule has 6 nitrogen and oxygen atoms in total. The number of anilines is 2.